The first-order valence-electron chi connectivity index (χ1n) is 16.6. The summed E-state index contributed by atoms with van der Waals surface area (Å²) in [5, 5.41) is 0. The molecule has 21 nitrogen and oxygen atoms in total. The van der Waals surface area contributed by atoms with E-state index >= 15 is 8.78 Å². The highest BCUT2D eigenvalue weighted by Gasteiger charge is 2.55. The van der Waals surface area contributed by atoms with Crippen LogP contribution in [-0.2, 0) is 47.2 Å². The number of halogens is 2. The zero-order valence-electron chi connectivity index (χ0n) is 29.1. The number of rotatable bonds is 7. The normalized spacial score (nSPS) is 32.3. The standard InChI is InChI=1S/C30H33F2N7O14P2S/c1-14(2)48-30(42)49-16-5-3-15(4-6-16)11-56-55(45)47-9-17-20(31)24(28(50-17)38-8-7-19(40)37-29(38)41)52-54(43,44)46-10-18-23(53-55)21(32)27(51-18)39-13-36-22-25(33)34-12-35-26(22)39/h3-8,12-14,17-18,20-21,23-24,27-28H,9-11H2,1-2H3,(H,43,44)(H2,33,34,35)(H,37,40,41)/t17-,18-,20-,21-,23-,24-,27-,28-,55?/m1/s1. The average Bonchev–Trinajstić information content (AvgIpc) is 3.79. The summed E-state index contributed by atoms with van der Waals surface area (Å²) in [6.07, 6.45) is -13.2. The number of nitrogens with one attached hydrogen (secondary N) is 1. The van der Waals surface area contributed by atoms with Gasteiger partial charge in [-0.2, -0.15) is 0 Å². The highest BCUT2D eigenvalue weighted by atomic mass is 32.7. The number of anilines is 1. The lowest BCUT2D eigenvalue weighted by Crippen LogP contribution is -2.37. The molecule has 2 unspecified atom stereocenters. The van der Waals surface area contributed by atoms with Crippen LogP contribution in [0.3, 0.4) is 0 Å². The number of fused-ring (bicyclic) bond motifs is 4. The van der Waals surface area contributed by atoms with Gasteiger partial charge in [0.2, 0.25) is 0 Å². The Morgan fingerprint density at radius 2 is 1.73 bits per heavy atom. The van der Waals surface area contributed by atoms with Gasteiger partial charge in [-0.15, -0.1) is 0 Å². The van der Waals surface area contributed by atoms with Crippen molar-refractivity contribution in [3.63, 3.8) is 0 Å². The zero-order chi connectivity index (χ0) is 39.9. The molecule has 0 radical (unpaired) electrons. The number of ether oxygens (including phenoxy) is 4. The number of hydrogen-bond donors (Lipinski definition) is 3. The Balaban J connectivity index is 1.20. The number of benzene rings is 1. The molecule has 3 aliphatic rings. The van der Waals surface area contributed by atoms with Crippen molar-refractivity contribution in [3.05, 3.63) is 75.6 Å². The number of aromatic amines is 1. The predicted octanol–water partition coefficient (Wildman–Crippen LogP) is 3.31. The second kappa shape index (κ2) is 16.0. The molecule has 3 aliphatic heterocycles. The highest BCUT2D eigenvalue weighted by Crippen LogP contribution is 2.64. The van der Waals surface area contributed by atoms with Gasteiger partial charge in [0, 0.05) is 18.0 Å². The number of H-pyrrole nitrogens is 1. The fourth-order valence-corrected chi connectivity index (χ4v) is 10.2. The molecule has 56 heavy (non-hydrogen) atoms. The monoisotopic (exact) mass is 847 g/mol. The zero-order valence-corrected chi connectivity index (χ0v) is 31.7. The molecule has 4 aromatic rings. The van der Waals surface area contributed by atoms with Gasteiger partial charge in [0.05, 0.1) is 25.6 Å². The lowest BCUT2D eigenvalue weighted by Gasteiger charge is -2.27. The first-order chi connectivity index (χ1) is 26.6. The molecular weight excluding hydrogens is 814 g/mol. The number of phosphoric ester groups is 1. The summed E-state index contributed by atoms with van der Waals surface area (Å²) in [5.41, 5.74) is 4.70. The number of imidazole rings is 1. The lowest BCUT2D eigenvalue weighted by atomic mass is 10.1. The molecule has 3 fully saturated rings. The van der Waals surface area contributed by atoms with E-state index in [0.29, 0.717) is 21.5 Å². The molecule has 6 heterocycles. The van der Waals surface area contributed by atoms with Crippen LogP contribution in [0.15, 0.2) is 58.8 Å². The molecule has 10 atom stereocenters. The van der Waals surface area contributed by atoms with Gasteiger partial charge >= 0.3 is 26.5 Å². The van der Waals surface area contributed by atoms with Crippen LogP contribution in [-0.4, -0.2) is 96.2 Å². The van der Waals surface area contributed by atoms with Crippen LogP contribution in [0.4, 0.5) is 19.4 Å². The Hall–Kier alpha value is -4.09. The molecule has 0 spiro atoms. The van der Waals surface area contributed by atoms with E-state index in [1.807, 2.05) is 4.98 Å². The average molecular weight is 848 g/mol. The molecule has 0 aliphatic carbocycles. The Labute approximate surface area is 317 Å². The van der Waals surface area contributed by atoms with Crippen molar-refractivity contribution in [1.29, 1.82) is 0 Å². The Morgan fingerprint density at radius 1 is 1.00 bits per heavy atom. The van der Waals surface area contributed by atoms with Gasteiger partial charge < -0.3 is 29.6 Å². The second-order valence-corrected chi connectivity index (χ2v) is 18.1. The second-order valence-electron chi connectivity index (χ2n) is 12.7. The number of nitrogen functional groups attached to an aromatic ring is 1. The van der Waals surface area contributed by atoms with Crippen molar-refractivity contribution >= 4 is 49.1 Å². The minimum atomic E-state index is -5.29. The van der Waals surface area contributed by atoms with Crippen LogP contribution in [0.2, 0.25) is 0 Å². The summed E-state index contributed by atoms with van der Waals surface area (Å²) in [6.45, 7) is -3.15. The van der Waals surface area contributed by atoms with Crippen molar-refractivity contribution in [2.75, 3.05) is 18.9 Å². The molecule has 0 amide bonds. The van der Waals surface area contributed by atoms with Gasteiger partial charge in [0.25, 0.3) is 5.56 Å². The van der Waals surface area contributed by atoms with E-state index in [4.69, 9.17) is 42.8 Å². The lowest BCUT2D eigenvalue weighted by molar-refractivity contribution is -0.0652. The first kappa shape index (κ1) is 40.1. The fraction of sp³-hybridized carbons (Fsp3) is 0.467. The van der Waals surface area contributed by atoms with Crippen LogP contribution >= 0.6 is 26.0 Å². The number of phosphoric acid groups is 1. The van der Waals surface area contributed by atoms with Crippen LogP contribution in [0, 0.1) is 0 Å². The van der Waals surface area contributed by atoms with E-state index in [9.17, 15) is 28.4 Å². The summed E-state index contributed by atoms with van der Waals surface area (Å²) in [4.78, 5) is 61.1. The Morgan fingerprint density at radius 3 is 2.46 bits per heavy atom. The third kappa shape index (κ3) is 8.59. The molecule has 0 saturated carbocycles. The quantitative estimate of drug-likeness (QED) is 0.137. The third-order valence-corrected chi connectivity index (χ3v) is 13.1. The number of hydrogen-bond acceptors (Lipinski definition) is 18. The summed E-state index contributed by atoms with van der Waals surface area (Å²) in [5.74, 6) is 0.00382. The number of aromatic nitrogens is 6. The van der Waals surface area contributed by atoms with E-state index < -0.39 is 101 Å². The van der Waals surface area contributed by atoms with Crippen LogP contribution in [0.25, 0.3) is 11.2 Å². The maximum absolute atomic E-state index is 16.6. The maximum atomic E-state index is 16.6. The van der Waals surface area contributed by atoms with Crippen LogP contribution < -0.4 is 21.7 Å². The van der Waals surface area contributed by atoms with Crippen molar-refractivity contribution in [3.8, 4) is 5.75 Å². The van der Waals surface area contributed by atoms with Gasteiger partial charge in [-0.25, -0.2) is 42.5 Å². The molecular formula is C30H33F2N7O14P2S. The molecule has 26 heteroatoms. The van der Waals surface area contributed by atoms with Gasteiger partial charge in [-0.3, -0.25) is 37.0 Å². The first-order valence-corrected chi connectivity index (χ1v) is 21.3. The van der Waals surface area contributed by atoms with E-state index in [1.165, 1.54) is 35.2 Å². The largest absolute Gasteiger partial charge is 0.514 e. The fourth-order valence-electron chi connectivity index (χ4n) is 5.91. The SMILES string of the molecule is CC(C)OC(=O)Oc1ccc(CSP2(=O)OC[C@H]3O[C@@H](n4ccc(=O)[nH]c4=O)[C@H](OP(=O)(O)OC[C@H]4O[C@@H](n5cnc6c(N)ncnc65)[C@H](F)[C@@H]4O2)[C@@H]3F)cc1. The molecule has 302 valence electrons. The van der Waals surface area contributed by atoms with Gasteiger partial charge in [0.1, 0.15) is 42.0 Å². The molecule has 1 aromatic carbocycles. The summed E-state index contributed by atoms with van der Waals surface area (Å²) in [6, 6.07) is 6.87. The smallest absolute Gasteiger partial charge is 0.431 e. The Kier molecular flexibility index (Phi) is 11.5. The third-order valence-electron chi connectivity index (χ3n) is 8.47. The van der Waals surface area contributed by atoms with Gasteiger partial charge in [-0.1, -0.05) is 12.1 Å². The van der Waals surface area contributed by atoms with Gasteiger partial charge in [0.15, 0.2) is 36.3 Å². The van der Waals surface area contributed by atoms with Crippen molar-refractivity contribution in [2.24, 2.45) is 0 Å². The number of carbonyl (C=O) groups is 1. The van der Waals surface area contributed by atoms with Gasteiger partial charge in [-0.05, 0) is 42.9 Å². The maximum Gasteiger partial charge on any atom is 0.514 e. The molecule has 2 bridgehead atoms. The topological polar surface area (TPSA) is 270 Å². The summed E-state index contributed by atoms with van der Waals surface area (Å²) in [7, 11) is -5.29. The van der Waals surface area contributed by atoms with Crippen molar-refractivity contribution in [1.82, 2.24) is 29.1 Å². The number of nitrogens with two attached hydrogens (primary N) is 1. The van der Waals surface area contributed by atoms with Crippen molar-refractivity contribution < 1.29 is 64.6 Å². The number of carbonyl (C=O) groups excluding carboxylic acids is 1. The minimum Gasteiger partial charge on any atom is -0.431 e. The van der Waals surface area contributed by atoms with E-state index in [1.54, 1.807) is 13.8 Å². The molecule has 3 aromatic heterocycles. The molecule has 3 saturated heterocycles. The van der Waals surface area contributed by atoms with Crippen LogP contribution in [0.1, 0.15) is 31.9 Å². The minimum absolute atomic E-state index is 0.0162. The van der Waals surface area contributed by atoms with E-state index in [0.717, 1.165) is 18.6 Å². The highest BCUT2D eigenvalue weighted by molar-refractivity contribution is 8.54. The summed E-state index contributed by atoms with van der Waals surface area (Å²) < 4.78 is 106. The van der Waals surface area contributed by atoms with E-state index in [2.05, 4.69) is 15.0 Å². The number of nitrogens with zero attached hydrogens (tertiary/aromatic N) is 5. The summed E-state index contributed by atoms with van der Waals surface area (Å²) >= 11 is 0.570. The van der Waals surface area contributed by atoms with Crippen LogP contribution in [0.5, 0.6) is 5.75 Å². The van der Waals surface area contributed by atoms with E-state index in [-0.39, 0.29) is 28.5 Å². The molecule has 4 N–H and O–H groups in total. The Bertz CT molecular complexity index is 2300. The van der Waals surface area contributed by atoms with Crippen molar-refractivity contribution in [2.45, 2.75) is 74.9 Å². The number of alkyl halides is 2. The predicted molar refractivity (Wildman–Crippen MR) is 188 cm³/mol. The molecule has 7 rings (SSSR count).